The van der Waals surface area contributed by atoms with Crippen molar-refractivity contribution < 1.29 is 13.2 Å². The van der Waals surface area contributed by atoms with Gasteiger partial charge in [-0.3, -0.25) is 0 Å². The standard InChI is InChI=1S/C13H6Cl2F3N3/c1-2-7-6-21(20-11(7)5-19)12-9(14)3-8(4-10(12)15)13(16,17)18/h2-4,6H,1H2. The molecule has 108 valence electrons. The Labute approximate surface area is 127 Å². The predicted octanol–water partition coefficient (Wildman–Crippen LogP) is 4.71. The van der Waals surface area contributed by atoms with E-state index in [0.717, 1.165) is 16.8 Å². The topological polar surface area (TPSA) is 41.6 Å². The highest BCUT2D eigenvalue weighted by Gasteiger charge is 2.32. The number of halogens is 5. The Kier molecular flexibility index (Phi) is 3.99. The molecule has 0 atom stereocenters. The summed E-state index contributed by atoms with van der Waals surface area (Å²) >= 11 is 11.7. The van der Waals surface area contributed by atoms with Gasteiger partial charge < -0.3 is 0 Å². The van der Waals surface area contributed by atoms with Crippen LogP contribution in [0.1, 0.15) is 16.8 Å². The summed E-state index contributed by atoms with van der Waals surface area (Å²) in [6.07, 6.45) is -1.75. The molecule has 2 aromatic rings. The number of rotatable bonds is 2. The fourth-order valence-corrected chi connectivity index (χ4v) is 2.35. The van der Waals surface area contributed by atoms with Crippen LogP contribution in [0, 0.1) is 11.3 Å². The lowest BCUT2D eigenvalue weighted by Gasteiger charge is -2.12. The summed E-state index contributed by atoms with van der Waals surface area (Å²) in [5, 5.41) is 12.4. The molecule has 0 saturated carbocycles. The van der Waals surface area contributed by atoms with Gasteiger partial charge in [0.15, 0.2) is 5.69 Å². The molecule has 0 saturated heterocycles. The Morgan fingerprint density at radius 1 is 1.29 bits per heavy atom. The monoisotopic (exact) mass is 331 g/mol. The summed E-state index contributed by atoms with van der Waals surface area (Å²) in [7, 11) is 0. The molecule has 0 aliphatic carbocycles. The van der Waals surface area contributed by atoms with Crippen LogP contribution in [0.2, 0.25) is 10.0 Å². The van der Waals surface area contributed by atoms with Crippen LogP contribution in [0.15, 0.2) is 24.9 Å². The Bertz CT molecular complexity index is 734. The molecule has 8 heteroatoms. The molecule has 0 fully saturated rings. The lowest BCUT2D eigenvalue weighted by molar-refractivity contribution is -0.137. The van der Waals surface area contributed by atoms with E-state index in [4.69, 9.17) is 28.5 Å². The minimum Gasteiger partial charge on any atom is -0.236 e. The maximum atomic E-state index is 12.7. The quantitative estimate of drug-likeness (QED) is 0.799. The molecule has 0 amide bonds. The van der Waals surface area contributed by atoms with Crippen LogP contribution in [0.5, 0.6) is 0 Å². The van der Waals surface area contributed by atoms with Crippen LogP contribution in [0.4, 0.5) is 13.2 Å². The number of alkyl halides is 3. The van der Waals surface area contributed by atoms with E-state index in [-0.39, 0.29) is 21.4 Å². The summed E-state index contributed by atoms with van der Waals surface area (Å²) < 4.78 is 39.1. The molecular weight excluding hydrogens is 326 g/mol. The highest BCUT2D eigenvalue weighted by atomic mass is 35.5. The van der Waals surface area contributed by atoms with E-state index in [9.17, 15) is 13.2 Å². The van der Waals surface area contributed by atoms with Crippen molar-refractivity contribution in [2.75, 3.05) is 0 Å². The second kappa shape index (κ2) is 5.43. The summed E-state index contributed by atoms with van der Waals surface area (Å²) in [4.78, 5) is 0. The van der Waals surface area contributed by atoms with Crippen molar-refractivity contribution in [3.05, 3.63) is 51.8 Å². The molecule has 2 rings (SSSR count). The average Bonchev–Trinajstić information content (AvgIpc) is 2.79. The number of nitriles is 1. The lowest BCUT2D eigenvalue weighted by Crippen LogP contribution is -2.07. The van der Waals surface area contributed by atoms with E-state index in [1.54, 1.807) is 0 Å². The molecule has 0 unspecified atom stereocenters. The maximum absolute atomic E-state index is 12.7. The molecule has 0 N–H and O–H groups in total. The van der Waals surface area contributed by atoms with E-state index in [0.29, 0.717) is 5.56 Å². The first-order valence-corrected chi connectivity index (χ1v) is 6.22. The Balaban J connectivity index is 2.63. The van der Waals surface area contributed by atoms with E-state index in [2.05, 4.69) is 11.7 Å². The zero-order valence-corrected chi connectivity index (χ0v) is 11.8. The first kappa shape index (κ1) is 15.4. The van der Waals surface area contributed by atoms with Crippen molar-refractivity contribution in [1.29, 1.82) is 5.26 Å². The van der Waals surface area contributed by atoms with Crippen LogP contribution in [-0.4, -0.2) is 9.78 Å². The third-order valence-corrected chi connectivity index (χ3v) is 3.22. The number of hydrogen-bond donors (Lipinski definition) is 0. The van der Waals surface area contributed by atoms with Gasteiger partial charge in [0.2, 0.25) is 0 Å². The van der Waals surface area contributed by atoms with Gasteiger partial charge in [0, 0.05) is 11.8 Å². The number of nitrogens with zero attached hydrogens (tertiary/aromatic N) is 3. The fraction of sp³-hybridized carbons (Fsp3) is 0.0769. The second-order valence-electron chi connectivity index (χ2n) is 3.98. The molecule has 3 nitrogen and oxygen atoms in total. The third-order valence-electron chi connectivity index (χ3n) is 2.64. The van der Waals surface area contributed by atoms with Crippen molar-refractivity contribution in [2.45, 2.75) is 6.18 Å². The van der Waals surface area contributed by atoms with Crippen molar-refractivity contribution in [1.82, 2.24) is 9.78 Å². The minimum atomic E-state index is -4.56. The summed E-state index contributed by atoms with van der Waals surface area (Å²) in [5.74, 6) is 0. The highest BCUT2D eigenvalue weighted by molar-refractivity contribution is 6.37. The van der Waals surface area contributed by atoms with Gasteiger partial charge in [-0.1, -0.05) is 35.9 Å². The smallest absolute Gasteiger partial charge is 0.236 e. The normalized spacial score (nSPS) is 11.2. The molecule has 1 aromatic heterocycles. The van der Waals surface area contributed by atoms with Gasteiger partial charge in [-0.05, 0) is 12.1 Å². The number of aromatic nitrogens is 2. The summed E-state index contributed by atoms with van der Waals surface area (Å²) in [5.41, 5.74) is -0.407. The fourth-order valence-electron chi connectivity index (χ4n) is 1.69. The molecule has 0 bridgehead atoms. The highest BCUT2D eigenvalue weighted by Crippen LogP contribution is 2.37. The Morgan fingerprint density at radius 2 is 1.86 bits per heavy atom. The van der Waals surface area contributed by atoms with Gasteiger partial charge in [0.1, 0.15) is 11.8 Å². The molecule has 1 aromatic carbocycles. The average molecular weight is 332 g/mol. The van der Waals surface area contributed by atoms with Gasteiger partial charge in [-0.15, -0.1) is 0 Å². The molecular formula is C13H6Cl2F3N3. The van der Waals surface area contributed by atoms with Crippen LogP contribution in [-0.2, 0) is 6.18 Å². The minimum absolute atomic E-state index is 0.0657. The van der Waals surface area contributed by atoms with Crippen LogP contribution in [0.3, 0.4) is 0 Å². The van der Waals surface area contributed by atoms with E-state index >= 15 is 0 Å². The number of benzene rings is 1. The molecule has 0 aliphatic rings. The molecule has 0 radical (unpaired) electrons. The van der Waals surface area contributed by atoms with Crippen LogP contribution >= 0.6 is 23.2 Å². The van der Waals surface area contributed by atoms with Gasteiger partial charge in [0.05, 0.1) is 15.6 Å². The Morgan fingerprint density at radius 3 is 2.24 bits per heavy atom. The van der Waals surface area contributed by atoms with Gasteiger partial charge in [-0.25, -0.2) is 4.68 Å². The first-order valence-electron chi connectivity index (χ1n) is 5.46. The first-order chi connectivity index (χ1) is 9.77. The van der Waals surface area contributed by atoms with E-state index in [1.165, 1.54) is 12.3 Å². The summed E-state index contributed by atoms with van der Waals surface area (Å²) in [6, 6.07) is 3.35. The van der Waals surface area contributed by atoms with Crippen molar-refractivity contribution in [3.8, 4) is 11.8 Å². The van der Waals surface area contributed by atoms with Gasteiger partial charge in [0.25, 0.3) is 0 Å². The predicted molar refractivity (Wildman–Crippen MR) is 73.4 cm³/mol. The lowest BCUT2D eigenvalue weighted by atomic mass is 10.2. The zero-order chi connectivity index (χ0) is 15.8. The zero-order valence-electron chi connectivity index (χ0n) is 10.2. The Hall–Kier alpha value is -1.97. The van der Waals surface area contributed by atoms with Crippen molar-refractivity contribution >= 4 is 29.3 Å². The third kappa shape index (κ3) is 2.89. The van der Waals surface area contributed by atoms with E-state index in [1.807, 2.05) is 6.07 Å². The molecule has 1 heterocycles. The van der Waals surface area contributed by atoms with Crippen molar-refractivity contribution in [3.63, 3.8) is 0 Å². The molecule has 21 heavy (non-hydrogen) atoms. The summed E-state index contributed by atoms with van der Waals surface area (Å²) in [6.45, 7) is 3.52. The largest absolute Gasteiger partial charge is 0.416 e. The van der Waals surface area contributed by atoms with Gasteiger partial charge >= 0.3 is 6.18 Å². The van der Waals surface area contributed by atoms with Crippen molar-refractivity contribution in [2.24, 2.45) is 0 Å². The second-order valence-corrected chi connectivity index (χ2v) is 4.79. The molecule has 0 aliphatic heterocycles. The van der Waals surface area contributed by atoms with Gasteiger partial charge in [-0.2, -0.15) is 23.5 Å². The SMILES string of the molecule is C=Cc1cn(-c2c(Cl)cc(C(F)(F)F)cc2Cl)nc1C#N. The number of hydrogen-bond acceptors (Lipinski definition) is 2. The van der Waals surface area contributed by atoms with Crippen LogP contribution in [0.25, 0.3) is 11.8 Å². The van der Waals surface area contributed by atoms with E-state index < -0.39 is 11.7 Å². The maximum Gasteiger partial charge on any atom is 0.416 e. The molecule has 0 spiro atoms. The van der Waals surface area contributed by atoms with Crippen LogP contribution < -0.4 is 0 Å².